The molecule has 0 aromatic heterocycles. The first-order chi connectivity index (χ1) is 4.66. The van der Waals surface area contributed by atoms with E-state index in [0.717, 1.165) is 5.92 Å². The fourth-order valence-electron chi connectivity index (χ4n) is 0.709. The normalized spacial score (nSPS) is 15.3. The van der Waals surface area contributed by atoms with Crippen molar-refractivity contribution in [3.63, 3.8) is 0 Å². The van der Waals surface area contributed by atoms with E-state index < -0.39 is 0 Å². The lowest BCUT2D eigenvalue weighted by Crippen LogP contribution is -2.09. The molecule has 0 saturated heterocycles. The van der Waals surface area contributed by atoms with Gasteiger partial charge < -0.3 is 4.43 Å². The molecule has 1 unspecified atom stereocenters. The van der Waals surface area contributed by atoms with Crippen LogP contribution in [0.5, 0.6) is 0 Å². The van der Waals surface area contributed by atoms with Crippen molar-refractivity contribution in [2.75, 3.05) is 0 Å². The van der Waals surface area contributed by atoms with Crippen LogP contribution in [0.1, 0.15) is 34.1 Å². The average Bonchev–Trinajstić information content (AvgIpc) is 1.87. The minimum absolute atomic E-state index is 0.195. The Balaban J connectivity index is 3.03. The molecule has 0 amide bonds. The molecule has 0 aromatic carbocycles. The van der Waals surface area contributed by atoms with Gasteiger partial charge in [0.1, 0.15) is 0 Å². The Bertz CT molecular complexity index is 73.7. The van der Waals surface area contributed by atoms with Crippen LogP contribution in [-0.4, -0.2) is 15.9 Å². The fraction of sp³-hybridized carbons (Fsp3) is 1.00. The molecule has 0 N–H and O–H groups in total. The fourth-order valence-corrected chi connectivity index (χ4v) is 2.13. The largest absolute Gasteiger partial charge is 0.422 e. The Morgan fingerprint density at radius 3 is 2.30 bits per heavy atom. The minimum Gasteiger partial charge on any atom is -0.422 e. The van der Waals surface area contributed by atoms with Crippen LogP contribution >= 0.6 is 0 Å². The van der Waals surface area contributed by atoms with E-state index in [0.29, 0.717) is 6.10 Å². The van der Waals surface area contributed by atoms with E-state index in [9.17, 15) is 0 Å². The topological polar surface area (TPSA) is 9.23 Å². The van der Waals surface area contributed by atoms with Gasteiger partial charge in [0.2, 0.25) is 0 Å². The molecule has 0 saturated carbocycles. The second-order valence-electron chi connectivity index (χ2n) is 3.22. The van der Waals surface area contributed by atoms with Crippen LogP contribution in [0, 0.1) is 5.92 Å². The van der Waals surface area contributed by atoms with Crippen molar-refractivity contribution in [3.8, 4) is 0 Å². The lowest BCUT2D eigenvalue weighted by atomic mass is 10.2. The zero-order valence-corrected chi connectivity index (χ0v) is 9.10. The Morgan fingerprint density at radius 1 is 1.30 bits per heavy atom. The summed E-state index contributed by atoms with van der Waals surface area (Å²) < 4.78 is 5.55. The number of rotatable bonds is 5. The summed E-state index contributed by atoms with van der Waals surface area (Å²) in [6.07, 6.45) is 1.75. The lowest BCUT2D eigenvalue weighted by molar-refractivity contribution is 0.252. The molecule has 0 radical (unpaired) electrons. The van der Waals surface area contributed by atoms with Crippen LogP contribution in [0.3, 0.4) is 0 Å². The van der Waals surface area contributed by atoms with Gasteiger partial charge in [0, 0.05) is 6.10 Å². The first-order valence-electron chi connectivity index (χ1n) is 4.28. The van der Waals surface area contributed by atoms with Gasteiger partial charge in [-0.1, -0.05) is 20.3 Å². The first-order valence-corrected chi connectivity index (χ1v) is 5.86. The third-order valence-electron chi connectivity index (χ3n) is 1.76. The quantitative estimate of drug-likeness (QED) is 0.559. The third kappa shape index (κ3) is 6.30. The highest BCUT2D eigenvalue weighted by Gasteiger charge is 1.99. The van der Waals surface area contributed by atoms with Gasteiger partial charge in [0.15, 0.2) is 9.76 Å². The molecule has 0 aliphatic rings. The van der Waals surface area contributed by atoms with Crippen LogP contribution < -0.4 is 0 Å². The Labute approximate surface area is 67.1 Å². The maximum atomic E-state index is 5.55. The van der Waals surface area contributed by atoms with Crippen LogP contribution in [-0.2, 0) is 4.43 Å². The Kier molecular flexibility index (Phi) is 6.03. The zero-order chi connectivity index (χ0) is 7.98. The van der Waals surface area contributed by atoms with Crippen molar-refractivity contribution in [1.82, 2.24) is 0 Å². The van der Waals surface area contributed by atoms with Gasteiger partial charge in [-0.05, 0) is 25.8 Å². The molecule has 0 heterocycles. The van der Waals surface area contributed by atoms with Gasteiger partial charge in [0.05, 0.1) is 0 Å². The van der Waals surface area contributed by atoms with Crippen LogP contribution in [0.2, 0.25) is 6.04 Å². The van der Waals surface area contributed by atoms with E-state index in [2.05, 4.69) is 27.7 Å². The molecule has 0 rings (SSSR count). The van der Waals surface area contributed by atoms with Crippen molar-refractivity contribution < 1.29 is 4.43 Å². The van der Waals surface area contributed by atoms with E-state index in [1.807, 2.05) is 0 Å². The van der Waals surface area contributed by atoms with Crippen molar-refractivity contribution in [1.29, 1.82) is 0 Å². The first kappa shape index (κ1) is 10.2. The van der Waals surface area contributed by atoms with Gasteiger partial charge in [-0.15, -0.1) is 0 Å². The summed E-state index contributed by atoms with van der Waals surface area (Å²) in [5.74, 6) is 0.880. The van der Waals surface area contributed by atoms with Gasteiger partial charge in [-0.25, -0.2) is 0 Å². The summed E-state index contributed by atoms with van der Waals surface area (Å²) in [5.41, 5.74) is 0. The van der Waals surface area contributed by atoms with Gasteiger partial charge in [-0.2, -0.15) is 0 Å². The summed E-state index contributed by atoms with van der Waals surface area (Å²) in [6, 6.07) is 1.34. The second kappa shape index (κ2) is 5.92. The standard InChI is InChI=1S/C8H20OSi/c1-5-8(4)6-10-9-7(2)3/h7-8H,5-6,10H2,1-4H3. The van der Waals surface area contributed by atoms with Crippen molar-refractivity contribution in [3.05, 3.63) is 0 Å². The molecule has 0 fully saturated rings. The van der Waals surface area contributed by atoms with Crippen molar-refractivity contribution in [2.45, 2.75) is 46.3 Å². The van der Waals surface area contributed by atoms with E-state index in [-0.39, 0.29) is 9.76 Å². The molecular weight excluding hydrogens is 140 g/mol. The summed E-state index contributed by atoms with van der Waals surface area (Å²) in [6.45, 7) is 8.78. The molecular formula is C8H20OSi. The number of hydrogen-bond donors (Lipinski definition) is 0. The average molecular weight is 160 g/mol. The Hall–Kier alpha value is 0.177. The smallest absolute Gasteiger partial charge is 0.162 e. The highest BCUT2D eigenvalue weighted by atomic mass is 28.2. The summed E-state index contributed by atoms with van der Waals surface area (Å²) in [5, 5.41) is 0. The summed E-state index contributed by atoms with van der Waals surface area (Å²) in [7, 11) is -0.195. The van der Waals surface area contributed by atoms with Crippen LogP contribution in [0.15, 0.2) is 0 Å². The molecule has 1 atom stereocenters. The van der Waals surface area contributed by atoms with E-state index >= 15 is 0 Å². The summed E-state index contributed by atoms with van der Waals surface area (Å²) >= 11 is 0. The monoisotopic (exact) mass is 160 g/mol. The maximum absolute atomic E-state index is 5.55. The molecule has 10 heavy (non-hydrogen) atoms. The maximum Gasteiger partial charge on any atom is 0.162 e. The predicted molar refractivity (Wildman–Crippen MR) is 49.0 cm³/mol. The Morgan fingerprint density at radius 2 is 1.90 bits per heavy atom. The summed E-state index contributed by atoms with van der Waals surface area (Å²) in [4.78, 5) is 0. The molecule has 0 aromatic rings. The van der Waals surface area contributed by atoms with Gasteiger partial charge in [0.25, 0.3) is 0 Å². The van der Waals surface area contributed by atoms with Crippen molar-refractivity contribution in [2.24, 2.45) is 5.92 Å². The minimum atomic E-state index is -0.195. The molecule has 62 valence electrons. The van der Waals surface area contributed by atoms with Crippen molar-refractivity contribution >= 4 is 9.76 Å². The van der Waals surface area contributed by atoms with Gasteiger partial charge in [-0.3, -0.25) is 0 Å². The SMILES string of the molecule is CCC(C)C[SiH2]OC(C)C. The molecule has 1 nitrogen and oxygen atoms in total. The molecule has 0 bridgehead atoms. The zero-order valence-electron chi connectivity index (χ0n) is 7.68. The van der Waals surface area contributed by atoms with E-state index in [1.54, 1.807) is 0 Å². The molecule has 2 heteroatoms. The highest BCUT2D eigenvalue weighted by molar-refractivity contribution is 6.27. The molecule has 0 spiro atoms. The van der Waals surface area contributed by atoms with E-state index in [4.69, 9.17) is 4.43 Å². The second-order valence-corrected chi connectivity index (χ2v) is 4.54. The molecule has 0 aliphatic heterocycles. The van der Waals surface area contributed by atoms with Gasteiger partial charge >= 0.3 is 0 Å². The molecule has 0 aliphatic carbocycles. The van der Waals surface area contributed by atoms with Crippen LogP contribution in [0.4, 0.5) is 0 Å². The number of hydrogen-bond acceptors (Lipinski definition) is 1. The van der Waals surface area contributed by atoms with E-state index in [1.165, 1.54) is 12.5 Å². The highest BCUT2D eigenvalue weighted by Crippen LogP contribution is 2.06. The van der Waals surface area contributed by atoms with Crippen LogP contribution in [0.25, 0.3) is 0 Å². The predicted octanol–water partition coefficient (Wildman–Crippen LogP) is 1.96. The third-order valence-corrected chi connectivity index (χ3v) is 3.88. The lowest BCUT2D eigenvalue weighted by Gasteiger charge is -2.10.